The van der Waals surface area contributed by atoms with E-state index in [1.54, 1.807) is 32.0 Å². The molecule has 2 rings (SSSR count). The molecule has 0 bridgehead atoms. The predicted octanol–water partition coefficient (Wildman–Crippen LogP) is 2.59. The Morgan fingerprint density at radius 2 is 1.93 bits per heavy atom. The van der Waals surface area contributed by atoms with Gasteiger partial charge in [0, 0.05) is 12.7 Å². The lowest BCUT2D eigenvalue weighted by Gasteiger charge is -2.14. The van der Waals surface area contributed by atoms with Crippen molar-refractivity contribution >= 4 is 39.3 Å². The number of pyridine rings is 1. The number of rotatable bonds is 8. The Kier molecular flexibility index (Phi) is 7.72. The third-order valence-corrected chi connectivity index (χ3v) is 5.74. The van der Waals surface area contributed by atoms with E-state index in [0.29, 0.717) is 10.6 Å². The number of sulfonamides is 1. The predicted molar refractivity (Wildman–Crippen MR) is 109 cm³/mol. The first kappa shape index (κ1) is 22.8. The third kappa shape index (κ3) is 6.81. The number of amides is 1. The monoisotopic (exact) mass is 439 g/mol. The van der Waals surface area contributed by atoms with Crippen molar-refractivity contribution in [1.29, 1.82) is 0 Å². The number of hydrogen-bond acceptors (Lipinski definition) is 6. The highest BCUT2D eigenvalue weighted by Gasteiger charge is 2.20. The van der Waals surface area contributed by atoms with Gasteiger partial charge in [0.1, 0.15) is 5.82 Å². The fourth-order valence-electron chi connectivity index (χ4n) is 2.35. The van der Waals surface area contributed by atoms with Crippen LogP contribution in [0, 0.1) is 13.8 Å². The van der Waals surface area contributed by atoms with Crippen LogP contribution in [0.25, 0.3) is 0 Å². The maximum atomic E-state index is 12.4. The Morgan fingerprint density at radius 1 is 1.21 bits per heavy atom. The Balaban J connectivity index is 1.83. The molecule has 1 atom stereocenters. The normalized spacial score (nSPS) is 12.3. The summed E-state index contributed by atoms with van der Waals surface area (Å²) in [6, 6.07) is 8.17. The summed E-state index contributed by atoms with van der Waals surface area (Å²) in [6.45, 7) is 4.74. The summed E-state index contributed by atoms with van der Waals surface area (Å²) in [5.41, 5.74) is 1.41. The van der Waals surface area contributed by atoms with E-state index in [2.05, 4.69) is 15.0 Å². The van der Waals surface area contributed by atoms with E-state index in [0.717, 1.165) is 5.56 Å². The minimum Gasteiger partial charge on any atom is -0.452 e. The molecule has 0 spiro atoms. The van der Waals surface area contributed by atoms with Crippen LogP contribution in [-0.2, 0) is 24.3 Å². The van der Waals surface area contributed by atoms with Gasteiger partial charge in [-0.15, -0.1) is 0 Å². The van der Waals surface area contributed by atoms with Crippen LogP contribution in [0.15, 0.2) is 41.4 Å². The summed E-state index contributed by atoms with van der Waals surface area (Å²) in [6.07, 6.45) is 0.0761. The van der Waals surface area contributed by atoms with Crippen molar-refractivity contribution in [3.05, 3.63) is 52.7 Å². The molecule has 0 aliphatic heterocycles. The standard InChI is InChI=1S/C19H22ClN3O5S/c1-12-4-5-13(2)16(10-12)29(26,27)22-9-8-18(24)28-14(3)19(25)23-17-7-6-15(20)11-21-17/h4-7,10-11,14,22H,8-9H2,1-3H3,(H,21,23,25)/t14-/m1/s1. The van der Waals surface area contributed by atoms with E-state index in [1.807, 2.05) is 6.07 Å². The van der Waals surface area contributed by atoms with Gasteiger partial charge >= 0.3 is 5.97 Å². The van der Waals surface area contributed by atoms with Gasteiger partial charge in [0.15, 0.2) is 6.10 Å². The molecule has 1 aromatic heterocycles. The fourth-order valence-corrected chi connectivity index (χ4v) is 3.82. The molecule has 0 radical (unpaired) electrons. The Hall–Kier alpha value is -2.49. The zero-order valence-corrected chi connectivity index (χ0v) is 17.8. The SMILES string of the molecule is Cc1ccc(C)c(S(=O)(=O)NCCC(=O)O[C@H](C)C(=O)Nc2ccc(Cl)cn2)c1. The number of nitrogens with one attached hydrogen (secondary N) is 2. The molecule has 0 saturated carbocycles. The molecule has 0 aliphatic rings. The van der Waals surface area contributed by atoms with Gasteiger partial charge in [-0.3, -0.25) is 9.59 Å². The highest BCUT2D eigenvalue weighted by Crippen LogP contribution is 2.16. The zero-order valence-electron chi connectivity index (χ0n) is 16.2. The van der Waals surface area contributed by atoms with Crippen molar-refractivity contribution in [2.24, 2.45) is 0 Å². The molecule has 156 valence electrons. The molecule has 0 unspecified atom stereocenters. The average Bonchev–Trinajstić information content (AvgIpc) is 2.65. The van der Waals surface area contributed by atoms with Crippen molar-refractivity contribution in [2.45, 2.75) is 38.2 Å². The smallest absolute Gasteiger partial charge is 0.307 e. The lowest BCUT2D eigenvalue weighted by molar-refractivity contribution is -0.152. The van der Waals surface area contributed by atoms with Gasteiger partial charge in [0.25, 0.3) is 5.91 Å². The quantitative estimate of drug-likeness (QED) is 0.611. The van der Waals surface area contributed by atoms with Gasteiger partial charge in [0.05, 0.1) is 16.3 Å². The number of aryl methyl sites for hydroxylation is 2. The van der Waals surface area contributed by atoms with Crippen molar-refractivity contribution in [3.8, 4) is 0 Å². The summed E-state index contributed by atoms with van der Waals surface area (Å²) >= 11 is 5.72. The van der Waals surface area contributed by atoms with Crippen LogP contribution in [0.5, 0.6) is 0 Å². The number of hydrogen-bond donors (Lipinski definition) is 2. The number of carbonyl (C=O) groups is 2. The highest BCUT2D eigenvalue weighted by molar-refractivity contribution is 7.89. The maximum absolute atomic E-state index is 12.4. The highest BCUT2D eigenvalue weighted by atomic mass is 35.5. The molecule has 1 amide bonds. The van der Waals surface area contributed by atoms with Gasteiger partial charge in [0.2, 0.25) is 10.0 Å². The number of halogens is 1. The van der Waals surface area contributed by atoms with E-state index >= 15 is 0 Å². The maximum Gasteiger partial charge on any atom is 0.307 e. The molecule has 2 aromatic rings. The minimum absolute atomic E-state index is 0.151. The average molecular weight is 440 g/mol. The lowest BCUT2D eigenvalue weighted by atomic mass is 10.2. The topological polar surface area (TPSA) is 114 Å². The first-order valence-corrected chi connectivity index (χ1v) is 10.6. The van der Waals surface area contributed by atoms with Gasteiger partial charge in [-0.1, -0.05) is 23.7 Å². The summed E-state index contributed by atoms with van der Waals surface area (Å²) in [5.74, 6) is -1.01. The molecule has 0 fully saturated rings. The number of aromatic nitrogens is 1. The van der Waals surface area contributed by atoms with Crippen molar-refractivity contribution in [1.82, 2.24) is 9.71 Å². The first-order chi connectivity index (χ1) is 13.6. The van der Waals surface area contributed by atoms with Crippen molar-refractivity contribution in [3.63, 3.8) is 0 Å². The van der Waals surface area contributed by atoms with Crippen LogP contribution < -0.4 is 10.0 Å². The van der Waals surface area contributed by atoms with Gasteiger partial charge < -0.3 is 10.1 Å². The van der Waals surface area contributed by atoms with Gasteiger partial charge in [-0.25, -0.2) is 18.1 Å². The number of nitrogens with zero attached hydrogens (tertiary/aromatic N) is 1. The second-order valence-electron chi connectivity index (χ2n) is 6.40. The first-order valence-electron chi connectivity index (χ1n) is 8.77. The molecule has 8 nitrogen and oxygen atoms in total. The molecule has 2 N–H and O–H groups in total. The lowest BCUT2D eigenvalue weighted by Crippen LogP contribution is -2.32. The molecular weight excluding hydrogens is 418 g/mol. The molecule has 1 heterocycles. The number of ether oxygens (including phenoxy) is 1. The van der Waals surface area contributed by atoms with Crippen LogP contribution in [0.4, 0.5) is 5.82 Å². The van der Waals surface area contributed by atoms with E-state index in [9.17, 15) is 18.0 Å². The molecule has 29 heavy (non-hydrogen) atoms. The third-order valence-electron chi connectivity index (χ3n) is 3.91. The number of esters is 1. The Labute approximate surface area is 174 Å². The van der Waals surface area contributed by atoms with Crippen molar-refractivity contribution in [2.75, 3.05) is 11.9 Å². The molecule has 0 aliphatic carbocycles. The van der Waals surface area contributed by atoms with Crippen molar-refractivity contribution < 1.29 is 22.7 Å². The number of benzene rings is 1. The molecule has 10 heteroatoms. The summed E-state index contributed by atoms with van der Waals surface area (Å²) < 4.78 is 32.2. The second kappa shape index (κ2) is 9.82. The van der Waals surface area contributed by atoms with Crippen LogP contribution in [0.2, 0.25) is 5.02 Å². The molecule has 0 saturated heterocycles. The summed E-state index contributed by atoms with van der Waals surface area (Å²) in [5, 5.41) is 2.91. The van der Waals surface area contributed by atoms with E-state index in [4.69, 9.17) is 16.3 Å². The van der Waals surface area contributed by atoms with Crippen LogP contribution >= 0.6 is 11.6 Å². The fraction of sp³-hybridized carbons (Fsp3) is 0.316. The number of carbonyl (C=O) groups excluding carboxylic acids is 2. The van der Waals surface area contributed by atoms with Crippen LogP contribution in [0.1, 0.15) is 24.5 Å². The van der Waals surface area contributed by atoms with Crippen LogP contribution in [-0.4, -0.2) is 37.9 Å². The molecule has 1 aromatic carbocycles. The van der Waals surface area contributed by atoms with Gasteiger partial charge in [-0.2, -0.15) is 0 Å². The number of anilines is 1. The summed E-state index contributed by atoms with van der Waals surface area (Å²) in [7, 11) is -3.75. The minimum atomic E-state index is -3.75. The Bertz CT molecular complexity index is 993. The van der Waals surface area contributed by atoms with Crippen LogP contribution in [0.3, 0.4) is 0 Å². The summed E-state index contributed by atoms with van der Waals surface area (Å²) in [4.78, 5) is 28.1. The van der Waals surface area contributed by atoms with E-state index in [1.165, 1.54) is 19.2 Å². The Morgan fingerprint density at radius 3 is 2.59 bits per heavy atom. The largest absolute Gasteiger partial charge is 0.452 e. The van der Waals surface area contributed by atoms with E-state index in [-0.39, 0.29) is 23.7 Å². The van der Waals surface area contributed by atoms with E-state index < -0.39 is 28.0 Å². The second-order valence-corrected chi connectivity index (χ2v) is 8.57. The van der Waals surface area contributed by atoms with Gasteiger partial charge in [-0.05, 0) is 50.1 Å². The molecular formula is C19H22ClN3O5S. The zero-order chi connectivity index (χ0) is 21.6.